The smallest absolute Gasteiger partial charge is 0.118 e. The van der Waals surface area contributed by atoms with Crippen LogP contribution in [0, 0.1) is 0 Å². The largest absolute Gasteiger partial charge is 0.497 e. The molecule has 17 heavy (non-hydrogen) atoms. The first-order valence-corrected chi connectivity index (χ1v) is 6.28. The molecule has 1 fully saturated rings. The average Bonchev–Trinajstić information content (AvgIpc) is 2.77. The Morgan fingerprint density at radius 1 is 1.24 bits per heavy atom. The Bertz CT molecular complexity index is 342. The molecule has 0 aromatic heterocycles. The Labute approximate surface area is 103 Å². The van der Waals surface area contributed by atoms with Gasteiger partial charge >= 0.3 is 0 Å². The molecule has 0 heterocycles. The summed E-state index contributed by atoms with van der Waals surface area (Å²) < 4.78 is 5.11. The van der Waals surface area contributed by atoms with E-state index in [0.717, 1.165) is 38.0 Å². The highest BCUT2D eigenvalue weighted by Gasteiger charge is 2.30. The highest BCUT2D eigenvalue weighted by molar-refractivity contribution is 5.27. The maximum Gasteiger partial charge on any atom is 0.118 e. The minimum atomic E-state index is -0.466. The topological polar surface area (TPSA) is 41.5 Å². The second kappa shape index (κ2) is 5.52. The molecule has 2 rings (SSSR count). The van der Waals surface area contributed by atoms with Gasteiger partial charge in [0.1, 0.15) is 5.75 Å². The summed E-state index contributed by atoms with van der Waals surface area (Å²) in [7, 11) is 1.67. The van der Waals surface area contributed by atoms with Gasteiger partial charge in [0.05, 0.1) is 12.7 Å². The predicted octanol–water partition coefficient (Wildman–Crippen LogP) is 2.09. The third kappa shape index (κ3) is 3.45. The molecule has 1 aliphatic rings. The summed E-state index contributed by atoms with van der Waals surface area (Å²) in [5.74, 6) is 0.878. The van der Waals surface area contributed by atoms with E-state index in [0.29, 0.717) is 6.54 Å². The van der Waals surface area contributed by atoms with Crippen LogP contribution in [-0.4, -0.2) is 24.4 Å². The number of rotatable bonds is 5. The van der Waals surface area contributed by atoms with Crippen LogP contribution in [0.3, 0.4) is 0 Å². The summed E-state index contributed by atoms with van der Waals surface area (Å²) >= 11 is 0. The molecule has 94 valence electrons. The summed E-state index contributed by atoms with van der Waals surface area (Å²) in [5.41, 5.74) is 0.749. The van der Waals surface area contributed by atoms with Gasteiger partial charge in [0.2, 0.25) is 0 Å². The quantitative estimate of drug-likeness (QED) is 0.821. The SMILES string of the molecule is COc1ccc(CNCC2(O)CCCC2)cc1. The molecule has 3 nitrogen and oxygen atoms in total. The van der Waals surface area contributed by atoms with E-state index in [2.05, 4.69) is 5.32 Å². The van der Waals surface area contributed by atoms with Gasteiger partial charge in [0, 0.05) is 13.1 Å². The van der Waals surface area contributed by atoms with Crippen molar-refractivity contribution in [1.29, 1.82) is 0 Å². The van der Waals surface area contributed by atoms with Gasteiger partial charge in [-0.1, -0.05) is 25.0 Å². The molecular weight excluding hydrogens is 214 g/mol. The van der Waals surface area contributed by atoms with Crippen molar-refractivity contribution in [3.63, 3.8) is 0 Å². The number of aliphatic hydroxyl groups is 1. The maximum absolute atomic E-state index is 10.2. The van der Waals surface area contributed by atoms with Crippen LogP contribution in [0.15, 0.2) is 24.3 Å². The number of methoxy groups -OCH3 is 1. The van der Waals surface area contributed by atoms with Gasteiger partial charge < -0.3 is 15.2 Å². The van der Waals surface area contributed by atoms with E-state index in [1.807, 2.05) is 24.3 Å². The molecule has 1 aromatic rings. The highest BCUT2D eigenvalue weighted by atomic mass is 16.5. The average molecular weight is 235 g/mol. The minimum Gasteiger partial charge on any atom is -0.497 e. The van der Waals surface area contributed by atoms with Crippen LogP contribution in [0.5, 0.6) is 5.75 Å². The molecule has 0 atom stereocenters. The van der Waals surface area contributed by atoms with Crippen LogP contribution in [0.1, 0.15) is 31.2 Å². The Morgan fingerprint density at radius 2 is 1.88 bits per heavy atom. The number of ether oxygens (including phenoxy) is 1. The summed E-state index contributed by atoms with van der Waals surface area (Å²) in [4.78, 5) is 0. The van der Waals surface area contributed by atoms with Crippen molar-refractivity contribution < 1.29 is 9.84 Å². The van der Waals surface area contributed by atoms with Gasteiger partial charge in [-0.3, -0.25) is 0 Å². The molecule has 0 aliphatic heterocycles. The fraction of sp³-hybridized carbons (Fsp3) is 0.571. The van der Waals surface area contributed by atoms with E-state index in [1.165, 1.54) is 5.56 Å². The molecular formula is C14H21NO2. The van der Waals surface area contributed by atoms with Crippen molar-refractivity contribution in [3.05, 3.63) is 29.8 Å². The summed E-state index contributed by atoms with van der Waals surface area (Å²) in [5, 5.41) is 13.5. The lowest BCUT2D eigenvalue weighted by Crippen LogP contribution is -2.37. The fourth-order valence-corrected chi connectivity index (χ4v) is 2.39. The lowest BCUT2D eigenvalue weighted by atomic mass is 10.0. The third-order valence-electron chi connectivity index (χ3n) is 3.48. The van der Waals surface area contributed by atoms with Crippen LogP contribution in [-0.2, 0) is 6.54 Å². The van der Waals surface area contributed by atoms with Gasteiger partial charge in [-0.25, -0.2) is 0 Å². The molecule has 1 saturated carbocycles. The van der Waals surface area contributed by atoms with Gasteiger partial charge in [0.15, 0.2) is 0 Å². The van der Waals surface area contributed by atoms with E-state index in [-0.39, 0.29) is 0 Å². The minimum absolute atomic E-state index is 0.466. The van der Waals surface area contributed by atoms with E-state index < -0.39 is 5.60 Å². The van der Waals surface area contributed by atoms with Crippen molar-refractivity contribution in [2.24, 2.45) is 0 Å². The molecule has 0 spiro atoms. The molecule has 2 N–H and O–H groups in total. The Kier molecular flexibility index (Phi) is 4.02. The first kappa shape index (κ1) is 12.4. The lowest BCUT2D eigenvalue weighted by molar-refractivity contribution is 0.0475. The van der Waals surface area contributed by atoms with Gasteiger partial charge in [-0.2, -0.15) is 0 Å². The predicted molar refractivity (Wildman–Crippen MR) is 68.1 cm³/mol. The molecule has 1 aromatic carbocycles. The van der Waals surface area contributed by atoms with Crippen LogP contribution in [0.25, 0.3) is 0 Å². The van der Waals surface area contributed by atoms with E-state index >= 15 is 0 Å². The Balaban J connectivity index is 1.77. The molecule has 0 saturated heterocycles. The zero-order valence-electron chi connectivity index (χ0n) is 10.4. The van der Waals surface area contributed by atoms with Gasteiger partial charge in [-0.15, -0.1) is 0 Å². The molecule has 0 unspecified atom stereocenters. The lowest BCUT2D eigenvalue weighted by Gasteiger charge is -2.22. The first-order chi connectivity index (χ1) is 8.22. The monoisotopic (exact) mass is 235 g/mol. The molecule has 0 bridgehead atoms. The number of hydrogen-bond donors (Lipinski definition) is 2. The highest BCUT2D eigenvalue weighted by Crippen LogP contribution is 2.28. The molecule has 0 radical (unpaired) electrons. The van der Waals surface area contributed by atoms with Crippen LogP contribution in [0.4, 0.5) is 0 Å². The standard InChI is InChI=1S/C14H21NO2/c1-17-13-6-4-12(5-7-13)10-15-11-14(16)8-2-3-9-14/h4-7,15-16H,2-3,8-11H2,1H3. The first-order valence-electron chi connectivity index (χ1n) is 6.28. The maximum atomic E-state index is 10.2. The Hall–Kier alpha value is -1.06. The Morgan fingerprint density at radius 3 is 2.47 bits per heavy atom. The van der Waals surface area contributed by atoms with Crippen LogP contribution in [0.2, 0.25) is 0 Å². The molecule has 1 aliphatic carbocycles. The van der Waals surface area contributed by atoms with Crippen molar-refractivity contribution in [1.82, 2.24) is 5.32 Å². The van der Waals surface area contributed by atoms with Crippen molar-refractivity contribution in [2.75, 3.05) is 13.7 Å². The van der Waals surface area contributed by atoms with Crippen molar-refractivity contribution in [3.8, 4) is 5.75 Å². The van der Waals surface area contributed by atoms with Crippen molar-refractivity contribution in [2.45, 2.75) is 37.8 Å². The number of nitrogens with one attached hydrogen (secondary N) is 1. The third-order valence-corrected chi connectivity index (χ3v) is 3.48. The normalized spacial score (nSPS) is 18.2. The van der Waals surface area contributed by atoms with E-state index in [1.54, 1.807) is 7.11 Å². The second-order valence-electron chi connectivity index (χ2n) is 4.88. The van der Waals surface area contributed by atoms with Gasteiger partial charge in [0.25, 0.3) is 0 Å². The van der Waals surface area contributed by atoms with E-state index in [9.17, 15) is 5.11 Å². The second-order valence-corrected chi connectivity index (χ2v) is 4.88. The van der Waals surface area contributed by atoms with Gasteiger partial charge in [-0.05, 0) is 30.5 Å². The van der Waals surface area contributed by atoms with Crippen molar-refractivity contribution >= 4 is 0 Å². The fourth-order valence-electron chi connectivity index (χ4n) is 2.39. The van der Waals surface area contributed by atoms with Crippen LogP contribution < -0.4 is 10.1 Å². The number of benzene rings is 1. The molecule has 0 amide bonds. The summed E-state index contributed by atoms with van der Waals surface area (Å²) in [6, 6.07) is 8.01. The summed E-state index contributed by atoms with van der Waals surface area (Å²) in [6.45, 7) is 1.49. The number of hydrogen-bond acceptors (Lipinski definition) is 3. The zero-order chi connectivity index (χ0) is 12.1. The van der Waals surface area contributed by atoms with Crippen LogP contribution >= 0.6 is 0 Å². The van der Waals surface area contributed by atoms with E-state index in [4.69, 9.17) is 4.74 Å². The summed E-state index contributed by atoms with van der Waals surface area (Å²) in [6.07, 6.45) is 4.17. The zero-order valence-corrected chi connectivity index (χ0v) is 10.4. The molecule has 3 heteroatoms.